The molecule has 4 heteroatoms. The van der Waals surface area contributed by atoms with Gasteiger partial charge in [0.1, 0.15) is 5.01 Å². The van der Waals surface area contributed by atoms with Gasteiger partial charge in [-0.05, 0) is 21.0 Å². The van der Waals surface area contributed by atoms with Crippen molar-refractivity contribution < 1.29 is 0 Å². The van der Waals surface area contributed by atoms with Gasteiger partial charge in [-0.25, -0.2) is 4.98 Å². The first-order valence-corrected chi connectivity index (χ1v) is 5.29. The summed E-state index contributed by atoms with van der Waals surface area (Å²) < 4.78 is 0. The minimum atomic E-state index is 0.203. The van der Waals surface area contributed by atoms with Gasteiger partial charge in [-0.15, -0.1) is 11.3 Å². The van der Waals surface area contributed by atoms with Crippen molar-refractivity contribution >= 4 is 11.3 Å². The molecule has 0 spiro atoms. The van der Waals surface area contributed by atoms with E-state index >= 15 is 0 Å². The molecule has 0 aliphatic rings. The minimum Gasteiger partial charge on any atom is -0.328 e. The molecule has 1 aromatic heterocycles. The van der Waals surface area contributed by atoms with Crippen LogP contribution >= 0.6 is 11.3 Å². The minimum absolute atomic E-state index is 0.203. The number of hydrogen-bond acceptors (Lipinski definition) is 4. The van der Waals surface area contributed by atoms with Crippen LogP contribution in [0.4, 0.5) is 0 Å². The molecular formula is C9H17N3S. The van der Waals surface area contributed by atoms with Crippen LogP contribution in [0.2, 0.25) is 0 Å². The maximum atomic E-state index is 5.69. The lowest BCUT2D eigenvalue weighted by Gasteiger charge is -2.05. The Bertz CT molecular complexity index is 231. The molecule has 0 saturated carbocycles. The van der Waals surface area contributed by atoms with E-state index in [-0.39, 0.29) is 6.04 Å². The largest absolute Gasteiger partial charge is 0.328 e. The highest BCUT2D eigenvalue weighted by Crippen LogP contribution is 2.12. The van der Waals surface area contributed by atoms with Crippen LogP contribution in [0.15, 0.2) is 5.38 Å². The monoisotopic (exact) mass is 199 g/mol. The van der Waals surface area contributed by atoms with Crippen LogP contribution in [0.25, 0.3) is 0 Å². The molecule has 0 aliphatic carbocycles. The molecule has 13 heavy (non-hydrogen) atoms. The fourth-order valence-electron chi connectivity index (χ4n) is 1.12. The molecule has 1 rings (SSSR count). The van der Waals surface area contributed by atoms with Gasteiger partial charge < -0.3 is 10.6 Å². The molecule has 1 unspecified atom stereocenters. The Balaban J connectivity index is 2.53. The Morgan fingerprint density at radius 2 is 2.31 bits per heavy atom. The third-order valence-electron chi connectivity index (χ3n) is 1.58. The summed E-state index contributed by atoms with van der Waals surface area (Å²) in [7, 11) is 4.10. The highest BCUT2D eigenvalue weighted by atomic mass is 32.1. The zero-order valence-corrected chi connectivity index (χ0v) is 9.27. The maximum absolute atomic E-state index is 5.69. The van der Waals surface area contributed by atoms with Crippen LogP contribution in [0.3, 0.4) is 0 Å². The number of hydrogen-bond donors (Lipinski definition) is 1. The van der Waals surface area contributed by atoms with Crippen LogP contribution in [-0.2, 0) is 13.0 Å². The van der Waals surface area contributed by atoms with Crippen molar-refractivity contribution in [2.24, 2.45) is 5.73 Å². The number of aromatic nitrogens is 1. The zero-order chi connectivity index (χ0) is 9.84. The van der Waals surface area contributed by atoms with Crippen molar-refractivity contribution in [3.63, 3.8) is 0 Å². The smallest absolute Gasteiger partial charge is 0.107 e. The second kappa shape index (κ2) is 4.69. The average Bonchev–Trinajstić information content (AvgIpc) is 2.33. The third kappa shape index (κ3) is 3.85. The molecule has 0 radical (unpaired) electrons. The number of nitrogens with two attached hydrogens (primary N) is 1. The van der Waals surface area contributed by atoms with Crippen molar-refractivity contribution in [1.29, 1.82) is 0 Å². The lowest BCUT2D eigenvalue weighted by molar-refractivity contribution is 0.401. The number of nitrogens with zero attached hydrogens (tertiary/aromatic N) is 2. The first-order chi connectivity index (χ1) is 6.08. The Morgan fingerprint density at radius 3 is 2.85 bits per heavy atom. The lowest BCUT2D eigenvalue weighted by atomic mass is 10.2. The molecule has 2 N–H and O–H groups in total. The second-order valence-electron chi connectivity index (χ2n) is 3.65. The maximum Gasteiger partial charge on any atom is 0.107 e. The summed E-state index contributed by atoms with van der Waals surface area (Å²) in [5.41, 5.74) is 6.81. The number of rotatable bonds is 4. The van der Waals surface area contributed by atoms with Crippen molar-refractivity contribution in [1.82, 2.24) is 9.88 Å². The van der Waals surface area contributed by atoms with Crippen LogP contribution in [0.1, 0.15) is 17.6 Å². The summed E-state index contributed by atoms with van der Waals surface area (Å²) in [6, 6.07) is 0.203. The van der Waals surface area contributed by atoms with Crippen molar-refractivity contribution in [3.05, 3.63) is 16.1 Å². The summed E-state index contributed by atoms with van der Waals surface area (Å²) in [5.74, 6) is 0. The third-order valence-corrected chi connectivity index (χ3v) is 2.46. The summed E-state index contributed by atoms with van der Waals surface area (Å²) in [6.45, 7) is 2.93. The highest BCUT2D eigenvalue weighted by molar-refractivity contribution is 7.09. The van der Waals surface area contributed by atoms with Gasteiger partial charge in [0.05, 0.1) is 5.69 Å². The van der Waals surface area contributed by atoms with E-state index in [1.165, 1.54) is 5.01 Å². The Morgan fingerprint density at radius 1 is 1.62 bits per heavy atom. The van der Waals surface area contributed by atoms with Crippen LogP contribution in [0, 0.1) is 0 Å². The lowest BCUT2D eigenvalue weighted by Crippen LogP contribution is -2.18. The van der Waals surface area contributed by atoms with E-state index in [0.717, 1.165) is 18.7 Å². The highest BCUT2D eigenvalue weighted by Gasteiger charge is 2.04. The average molecular weight is 199 g/mol. The van der Waals surface area contributed by atoms with Crippen LogP contribution in [0.5, 0.6) is 0 Å². The second-order valence-corrected chi connectivity index (χ2v) is 4.59. The molecule has 0 aliphatic heterocycles. The zero-order valence-electron chi connectivity index (χ0n) is 8.45. The van der Waals surface area contributed by atoms with E-state index in [0.29, 0.717) is 0 Å². The van der Waals surface area contributed by atoms with E-state index in [4.69, 9.17) is 5.73 Å². The molecule has 1 aromatic rings. The molecule has 0 bridgehead atoms. The fraction of sp³-hybridized carbons (Fsp3) is 0.667. The quantitative estimate of drug-likeness (QED) is 0.789. The summed E-state index contributed by atoms with van der Waals surface area (Å²) in [5, 5.41) is 3.27. The molecule has 1 atom stereocenters. The summed E-state index contributed by atoms with van der Waals surface area (Å²) in [4.78, 5) is 6.61. The van der Waals surface area contributed by atoms with E-state index in [9.17, 15) is 0 Å². The molecular weight excluding hydrogens is 182 g/mol. The van der Waals surface area contributed by atoms with Gasteiger partial charge in [0.15, 0.2) is 0 Å². The molecule has 0 fully saturated rings. The summed E-state index contributed by atoms with van der Waals surface area (Å²) >= 11 is 1.71. The van der Waals surface area contributed by atoms with Gasteiger partial charge in [-0.1, -0.05) is 0 Å². The van der Waals surface area contributed by atoms with E-state index in [1.807, 2.05) is 21.0 Å². The van der Waals surface area contributed by atoms with Crippen LogP contribution < -0.4 is 5.73 Å². The first kappa shape index (κ1) is 10.6. The Kier molecular flexibility index (Phi) is 3.84. The van der Waals surface area contributed by atoms with Gasteiger partial charge in [-0.2, -0.15) is 0 Å². The van der Waals surface area contributed by atoms with Crippen LogP contribution in [-0.4, -0.2) is 30.0 Å². The SMILES string of the molecule is CC(N)Cc1csc(CN(C)C)n1. The van der Waals surface area contributed by atoms with Gasteiger partial charge >= 0.3 is 0 Å². The molecule has 0 saturated heterocycles. The molecule has 1 heterocycles. The van der Waals surface area contributed by atoms with Crippen molar-refractivity contribution in [2.75, 3.05) is 14.1 Å². The van der Waals surface area contributed by atoms with Crippen molar-refractivity contribution in [2.45, 2.75) is 25.9 Å². The van der Waals surface area contributed by atoms with E-state index < -0.39 is 0 Å². The molecule has 3 nitrogen and oxygen atoms in total. The van der Waals surface area contributed by atoms with Gasteiger partial charge in [0.2, 0.25) is 0 Å². The Labute approximate surface area is 83.6 Å². The predicted octanol–water partition coefficient (Wildman–Crippen LogP) is 1.09. The van der Waals surface area contributed by atoms with Gasteiger partial charge in [0.25, 0.3) is 0 Å². The summed E-state index contributed by atoms with van der Waals surface area (Å²) in [6.07, 6.45) is 0.879. The van der Waals surface area contributed by atoms with E-state index in [1.54, 1.807) is 11.3 Å². The fourth-order valence-corrected chi connectivity index (χ4v) is 2.04. The number of thiazole rings is 1. The topological polar surface area (TPSA) is 42.1 Å². The van der Waals surface area contributed by atoms with Gasteiger partial charge in [0, 0.05) is 24.4 Å². The molecule has 0 amide bonds. The predicted molar refractivity (Wildman–Crippen MR) is 56.9 cm³/mol. The Hall–Kier alpha value is -0.450. The van der Waals surface area contributed by atoms with Gasteiger partial charge in [-0.3, -0.25) is 0 Å². The molecule has 74 valence electrons. The normalized spacial score (nSPS) is 13.6. The standard InChI is InChI=1S/C9H17N3S/c1-7(10)4-8-6-13-9(11-8)5-12(2)3/h6-7H,4-5,10H2,1-3H3. The first-order valence-electron chi connectivity index (χ1n) is 4.41. The van der Waals surface area contributed by atoms with Crippen molar-refractivity contribution in [3.8, 4) is 0 Å². The van der Waals surface area contributed by atoms with E-state index in [2.05, 4.69) is 15.3 Å². The molecule has 0 aromatic carbocycles.